The minimum absolute atomic E-state index is 0.0131. The van der Waals surface area contributed by atoms with Crippen molar-refractivity contribution in [1.29, 1.82) is 0 Å². The normalized spacial score (nSPS) is 10.6. The smallest absolute Gasteiger partial charge is 0.341 e. The van der Waals surface area contributed by atoms with Gasteiger partial charge in [-0.2, -0.15) is 0 Å². The van der Waals surface area contributed by atoms with Crippen molar-refractivity contribution in [3.05, 3.63) is 106 Å². The van der Waals surface area contributed by atoms with E-state index >= 15 is 0 Å². The molecule has 4 rings (SSSR count). The number of ether oxygens (including phenoxy) is 1. The number of nitrogens with zero attached hydrogens (tertiary/aromatic N) is 3. The molecule has 0 aliphatic carbocycles. The van der Waals surface area contributed by atoms with Crippen molar-refractivity contribution in [3.8, 4) is 22.4 Å². The Morgan fingerprint density at radius 2 is 1.62 bits per heavy atom. The van der Waals surface area contributed by atoms with Crippen molar-refractivity contribution in [2.75, 3.05) is 6.61 Å². The van der Waals surface area contributed by atoms with Gasteiger partial charge in [0.25, 0.3) is 5.69 Å². The fourth-order valence-corrected chi connectivity index (χ4v) is 4.42. The maximum atomic E-state index is 13.2. The number of hydrogen-bond acceptors (Lipinski definition) is 7. The molecule has 0 saturated heterocycles. The summed E-state index contributed by atoms with van der Waals surface area (Å²) >= 11 is 1.29. The van der Waals surface area contributed by atoms with Gasteiger partial charge in [-0.1, -0.05) is 84.6 Å². The van der Waals surface area contributed by atoms with E-state index in [1.54, 1.807) is 19.1 Å². The molecule has 0 saturated carbocycles. The fraction of sp³-hybridized carbons (Fsp3) is 0.115. The Labute approximate surface area is 201 Å². The van der Waals surface area contributed by atoms with Crippen LogP contribution in [0.2, 0.25) is 0 Å². The van der Waals surface area contributed by atoms with E-state index in [2.05, 4.69) is 10.2 Å². The number of nitro groups is 1. The second-order valence-corrected chi connectivity index (χ2v) is 8.24. The van der Waals surface area contributed by atoms with E-state index in [-0.39, 0.29) is 12.3 Å². The van der Waals surface area contributed by atoms with Crippen LogP contribution in [0.25, 0.3) is 22.4 Å². The van der Waals surface area contributed by atoms with Crippen molar-refractivity contribution >= 4 is 23.4 Å². The van der Waals surface area contributed by atoms with Crippen molar-refractivity contribution < 1.29 is 14.5 Å². The minimum Gasteiger partial charge on any atom is -0.462 e. The molecular weight excluding hydrogens is 450 g/mol. The van der Waals surface area contributed by atoms with Crippen LogP contribution < -0.4 is 0 Å². The molecule has 0 atom stereocenters. The first-order valence-corrected chi connectivity index (χ1v) is 11.6. The van der Waals surface area contributed by atoms with Crippen LogP contribution in [0.4, 0.5) is 5.69 Å². The summed E-state index contributed by atoms with van der Waals surface area (Å²) in [5.74, 6) is -0.114. The number of rotatable bonds is 8. The van der Waals surface area contributed by atoms with Gasteiger partial charge in [-0.05, 0) is 18.1 Å². The quantitative estimate of drug-likeness (QED) is 0.131. The van der Waals surface area contributed by atoms with Gasteiger partial charge in [-0.25, -0.2) is 4.79 Å². The standard InChI is InChI=1S/C26H21N3O4S/c1-2-33-26(30)23-22(19-11-5-3-6-12-19)24(20-13-7-4-8-14-20)27-28-25(23)34-17-18-10-9-15-21(16-18)29(31)32/h3-16H,2,17H2,1H3. The van der Waals surface area contributed by atoms with Gasteiger partial charge >= 0.3 is 5.97 Å². The average molecular weight is 472 g/mol. The molecule has 0 amide bonds. The number of nitro benzene ring substituents is 1. The summed E-state index contributed by atoms with van der Waals surface area (Å²) in [6, 6.07) is 25.5. The number of non-ortho nitro benzene ring substituents is 1. The Hall–Kier alpha value is -4.04. The average Bonchev–Trinajstić information content (AvgIpc) is 2.88. The zero-order valence-electron chi connectivity index (χ0n) is 18.4. The zero-order valence-corrected chi connectivity index (χ0v) is 19.2. The van der Waals surface area contributed by atoms with Crippen LogP contribution >= 0.6 is 11.8 Å². The van der Waals surface area contributed by atoms with Crippen LogP contribution in [0.3, 0.4) is 0 Å². The fourth-order valence-electron chi connectivity index (χ4n) is 3.51. The Morgan fingerprint density at radius 1 is 0.941 bits per heavy atom. The monoisotopic (exact) mass is 471 g/mol. The molecule has 0 unspecified atom stereocenters. The summed E-state index contributed by atoms with van der Waals surface area (Å²) in [6.45, 7) is 1.97. The summed E-state index contributed by atoms with van der Waals surface area (Å²) in [6.07, 6.45) is 0. The summed E-state index contributed by atoms with van der Waals surface area (Å²) < 4.78 is 5.41. The van der Waals surface area contributed by atoms with Gasteiger partial charge in [0.05, 0.1) is 11.5 Å². The molecule has 0 aliphatic heterocycles. The lowest BCUT2D eigenvalue weighted by atomic mass is 9.96. The molecule has 0 aliphatic rings. The van der Waals surface area contributed by atoms with E-state index in [1.807, 2.05) is 60.7 Å². The highest BCUT2D eigenvalue weighted by Gasteiger charge is 2.26. The predicted molar refractivity (Wildman–Crippen MR) is 132 cm³/mol. The summed E-state index contributed by atoms with van der Waals surface area (Å²) in [5, 5.41) is 20.4. The molecule has 1 aromatic heterocycles. The van der Waals surface area contributed by atoms with Crippen molar-refractivity contribution in [3.63, 3.8) is 0 Å². The van der Waals surface area contributed by atoms with Crippen molar-refractivity contribution in [1.82, 2.24) is 10.2 Å². The van der Waals surface area contributed by atoms with Crippen LogP contribution in [-0.2, 0) is 10.5 Å². The molecule has 7 nitrogen and oxygen atoms in total. The van der Waals surface area contributed by atoms with Gasteiger partial charge in [0.2, 0.25) is 0 Å². The highest BCUT2D eigenvalue weighted by Crippen LogP contribution is 2.38. The van der Waals surface area contributed by atoms with E-state index in [0.717, 1.165) is 16.7 Å². The number of carbonyl (C=O) groups excluding carboxylic acids is 1. The van der Waals surface area contributed by atoms with Gasteiger partial charge in [-0.15, -0.1) is 10.2 Å². The maximum absolute atomic E-state index is 13.2. The van der Waals surface area contributed by atoms with Crippen LogP contribution in [0.1, 0.15) is 22.8 Å². The number of carbonyl (C=O) groups is 1. The Balaban J connectivity index is 1.84. The van der Waals surface area contributed by atoms with Crippen LogP contribution in [0.5, 0.6) is 0 Å². The third-order valence-corrected chi connectivity index (χ3v) is 6.06. The van der Waals surface area contributed by atoms with E-state index in [9.17, 15) is 14.9 Å². The molecule has 34 heavy (non-hydrogen) atoms. The lowest BCUT2D eigenvalue weighted by Crippen LogP contribution is -2.12. The minimum atomic E-state index is -0.491. The number of hydrogen-bond donors (Lipinski definition) is 0. The predicted octanol–water partition coefficient (Wildman–Crippen LogP) is 6.19. The van der Waals surface area contributed by atoms with Crippen LogP contribution in [0, 0.1) is 10.1 Å². The highest BCUT2D eigenvalue weighted by atomic mass is 32.2. The number of thioether (sulfide) groups is 1. The van der Waals surface area contributed by atoms with Gasteiger partial charge < -0.3 is 4.74 Å². The molecular formula is C26H21N3O4S. The molecule has 0 bridgehead atoms. The third-order valence-electron chi connectivity index (χ3n) is 5.03. The Morgan fingerprint density at radius 3 is 2.26 bits per heavy atom. The van der Waals surface area contributed by atoms with Crippen molar-refractivity contribution in [2.45, 2.75) is 17.7 Å². The molecule has 0 N–H and O–H groups in total. The Kier molecular flexibility index (Phi) is 7.29. The second-order valence-electron chi connectivity index (χ2n) is 7.27. The molecule has 4 aromatic rings. The molecule has 3 aromatic carbocycles. The van der Waals surface area contributed by atoms with Gasteiger partial charge in [-0.3, -0.25) is 10.1 Å². The van der Waals surface area contributed by atoms with Crippen molar-refractivity contribution in [2.24, 2.45) is 0 Å². The topological polar surface area (TPSA) is 95.2 Å². The highest BCUT2D eigenvalue weighted by molar-refractivity contribution is 7.98. The second kappa shape index (κ2) is 10.7. The van der Waals surface area contributed by atoms with E-state index in [4.69, 9.17) is 4.74 Å². The lowest BCUT2D eigenvalue weighted by Gasteiger charge is -2.16. The molecule has 0 radical (unpaired) electrons. The summed E-state index contributed by atoms with van der Waals surface area (Å²) in [4.78, 5) is 23.9. The maximum Gasteiger partial charge on any atom is 0.341 e. The Bertz CT molecular complexity index is 1310. The number of benzene rings is 3. The van der Waals surface area contributed by atoms with E-state index < -0.39 is 10.9 Å². The van der Waals surface area contributed by atoms with Gasteiger partial charge in [0.1, 0.15) is 16.3 Å². The largest absolute Gasteiger partial charge is 0.462 e. The SMILES string of the molecule is CCOC(=O)c1c(SCc2cccc([N+](=O)[O-])c2)nnc(-c2ccccc2)c1-c1ccccc1. The number of aromatic nitrogens is 2. The first-order valence-electron chi connectivity index (χ1n) is 10.6. The molecule has 0 spiro atoms. The van der Waals surface area contributed by atoms with Crippen LogP contribution in [0.15, 0.2) is 90.0 Å². The molecule has 0 fully saturated rings. The van der Waals surface area contributed by atoms with Crippen LogP contribution in [-0.4, -0.2) is 27.7 Å². The third kappa shape index (κ3) is 5.13. The van der Waals surface area contributed by atoms with E-state index in [0.29, 0.717) is 27.6 Å². The molecule has 170 valence electrons. The first-order chi connectivity index (χ1) is 16.6. The molecule has 8 heteroatoms. The summed E-state index contributed by atoms with van der Waals surface area (Å²) in [5.41, 5.74) is 3.95. The first kappa shape index (κ1) is 23.1. The molecule has 1 heterocycles. The van der Waals surface area contributed by atoms with E-state index in [1.165, 1.54) is 23.9 Å². The lowest BCUT2D eigenvalue weighted by molar-refractivity contribution is -0.384. The van der Waals surface area contributed by atoms with Gasteiger partial charge in [0, 0.05) is 29.0 Å². The summed E-state index contributed by atoms with van der Waals surface area (Å²) in [7, 11) is 0. The zero-order chi connectivity index (χ0) is 23.9. The van der Waals surface area contributed by atoms with Gasteiger partial charge in [0.15, 0.2) is 0 Å². The number of esters is 1.